The zero-order valence-corrected chi connectivity index (χ0v) is 17.9. The van der Waals surface area contributed by atoms with Crippen molar-refractivity contribution in [3.05, 3.63) is 47.8 Å². The molecular formula is C23H28N4O4. The third kappa shape index (κ3) is 3.40. The zero-order chi connectivity index (χ0) is 22.2. The maximum absolute atomic E-state index is 13.2. The summed E-state index contributed by atoms with van der Waals surface area (Å²) in [4.78, 5) is 37.0. The molecule has 2 unspecified atom stereocenters. The molecule has 0 saturated heterocycles. The van der Waals surface area contributed by atoms with Gasteiger partial charge in [0.05, 0.1) is 6.54 Å². The third-order valence-corrected chi connectivity index (χ3v) is 6.76. The minimum absolute atomic E-state index is 0.0829. The van der Waals surface area contributed by atoms with Crippen LogP contribution in [0.5, 0.6) is 6.01 Å². The topological polar surface area (TPSA) is 107 Å². The maximum Gasteiger partial charge on any atom is 0.335 e. The summed E-state index contributed by atoms with van der Waals surface area (Å²) >= 11 is 0. The van der Waals surface area contributed by atoms with Crippen molar-refractivity contribution in [1.82, 2.24) is 14.9 Å². The van der Waals surface area contributed by atoms with Crippen molar-refractivity contribution in [2.45, 2.75) is 43.6 Å². The van der Waals surface area contributed by atoms with E-state index in [-0.39, 0.29) is 24.3 Å². The van der Waals surface area contributed by atoms with Crippen molar-refractivity contribution in [1.29, 1.82) is 0 Å². The van der Waals surface area contributed by atoms with E-state index >= 15 is 0 Å². The smallest absolute Gasteiger partial charge is 0.335 e. The number of carbonyl (C=O) groups is 2. The Morgan fingerprint density at radius 3 is 2.39 bits per heavy atom. The van der Waals surface area contributed by atoms with Gasteiger partial charge in [-0.3, -0.25) is 4.79 Å². The van der Waals surface area contributed by atoms with Crippen molar-refractivity contribution in [2.24, 2.45) is 5.92 Å². The highest BCUT2D eigenvalue weighted by Crippen LogP contribution is 2.58. The first kappa shape index (κ1) is 21.1. The van der Waals surface area contributed by atoms with Crippen LogP contribution in [0.15, 0.2) is 36.7 Å². The molecule has 164 valence electrons. The number of carboxylic acid groups (broad SMARTS) is 1. The lowest BCUT2D eigenvalue weighted by Gasteiger charge is -2.43. The van der Waals surface area contributed by atoms with Gasteiger partial charge in [-0.2, -0.15) is 0 Å². The molecule has 2 atom stereocenters. The van der Waals surface area contributed by atoms with Gasteiger partial charge in [-0.25, -0.2) is 14.8 Å². The molecule has 0 bridgehead atoms. The van der Waals surface area contributed by atoms with E-state index < -0.39 is 17.5 Å². The molecule has 2 aliphatic rings. The SMILES string of the molecule is CN(C)C(=O)CN1c2ccccc2C(C2CCCCC2)C1(C(=O)O)c1cnc(O)nc1. The highest BCUT2D eigenvalue weighted by Gasteiger charge is 2.61. The van der Waals surface area contributed by atoms with Gasteiger partial charge in [-0.1, -0.05) is 37.5 Å². The van der Waals surface area contributed by atoms with Gasteiger partial charge in [-0.05, 0) is 30.4 Å². The lowest BCUT2D eigenvalue weighted by atomic mass is 9.67. The molecule has 8 heteroatoms. The van der Waals surface area contributed by atoms with Crippen molar-refractivity contribution in [3.8, 4) is 6.01 Å². The van der Waals surface area contributed by atoms with Crippen LogP contribution in [0.3, 0.4) is 0 Å². The highest BCUT2D eigenvalue weighted by molar-refractivity contribution is 5.94. The van der Waals surface area contributed by atoms with E-state index in [0.717, 1.165) is 43.4 Å². The van der Waals surface area contributed by atoms with Crippen molar-refractivity contribution in [3.63, 3.8) is 0 Å². The van der Waals surface area contributed by atoms with E-state index in [1.54, 1.807) is 19.0 Å². The molecule has 2 aromatic rings. The van der Waals surface area contributed by atoms with Gasteiger partial charge < -0.3 is 20.0 Å². The molecule has 0 spiro atoms. The number of hydrogen-bond acceptors (Lipinski definition) is 6. The highest BCUT2D eigenvalue weighted by atomic mass is 16.4. The largest absolute Gasteiger partial charge is 0.479 e. The van der Waals surface area contributed by atoms with Crippen LogP contribution >= 0.6 is 0 Å². The van der Waals surface area contributed by atoms with Crippen LogP contribution < -0.4 is 4.90 Å². The van der Waals surface area contributed by atoms with Gasteiger partial charge in [-0.15, -0.1) is 0 Å². The molecule has 1 aromatic heterocycles. The lowest BCUT2D eigenvalue weighted by molar-refractivity contribution is -0.145. The lowest BCUT2D eigenvalue weighted by Crippen LogP contribution is -2.56. The molecule has 1 amide bonds. The van der Waals surface area contributed by atoms with E-state index in [1.165, 1.54) is 17.3 Å². The number of hydrogen-bond donors (Lipinski definition) is 2. The maximum atomic E-state index is 13.2. The molecule has 1 saturated carbocycles. The predicted molar refractivity (Wildman–Crippen MR) is 115 cm³/mol. The Morgan fingerprint density at radius 2 is 1.77 bits per heavy atom. The van der Waals surface area contributed by atoms with Crippen molar-refractivity contribution < 1.29 is 19.8 Å². The Hall–Kier alpha value is -3.16. The van der Waals surface area contributed by atoms with Crippen LogP contribution in [-0.2, 0) is 15.1 Å². The van der Waals surface area contributed by atoms with Gasteiger partial charge in [0.1, 0.15) is 0 Å². The average Bonchev–Trinajstić information content (AvgIpc) is 3.06. The summed E-state index contributed by atoms with van der Waals surface area (Å²) in [6.07, 6.45) is 7.89. The molecule has 1 aromatic carbocycles. The second-order valence-electron chi connectivity index (χ2n) is 8.65. The van der Waals surface area contributed by atoms with Crippen LogP contribution in [0.25, 0.3) is 0 Å². The second kappa shape index (κ2) is 8.17. The molecule has 8 nitrogen and oxygen atoms in total. The monoisotopic (exact) mass is 424 g/mol. The number of nitrogens with zero attached hydrogens (tertiary/aromatic N) is 4. The van der Waals surface area contributed by atoms with Crippen molar-refractivity contribution >= 4 is 17.6 Å². The van der Waals surface area contributed by atoms with Crippen LogP contribution in [0, 0.1) is 5.92 Å². The average molecular weight is 425 g/mol. The second-order valence-corrected chi connectivity index (χ2v) is 8.65. The number of aromatic nitrogens is 2. The molecule has 1 aliphatic heterocycles. The summed E-state index contributed by atoms with van der Waals surface area (Å²) in [6.45, 7) is -0.0829. The molecule has 1 aliphatic carbocycles. The predicted octanol–water partition coefficient (Wildman–Crippen LogP) is 2.73. The Morgan fingerprint density at radius 1 is 1.13 bits per heavy atom. The van der Waals surface area contributed by atoms with Crippen LogP contribution in [0.2, 0.25) is 0 Å². The summed E-state index contributed by atoms with van der Waals surface area (Å²) in [5.41, 5.74) is 0.529. The fourth-order valence-electron chi connectivity index (χ4n) is 5.35. The first-order valence-electron chi connectivity index (χ1n) is 10.7. The molecule has 1 fully saturated rings. The molecular weight excluding hydrogens is 396 g/mol. The number of fused-ring (bicyclic) bond motifs is 1. The van der Waals surface area contributed by atoms with Gasteiger partial charge in [0.2, 0.25) is 5.91 Å². The molecule has 2 N–H and O–H groups in total. The Bertz CT molecular complexity index is 972. The zero-order valence-electron chi connectivity index (χ0n) is 17.9. The van der Waals surface area contributed by atoms with E-state index in [9.17, 15) is 19.8 Å². The summed E-state index contributed by atoms with van der Waals surface area (Å²) in [7, 11) is 3.32. The summed E-state index contributed by atoms with van der Waals surface area (Å²) in [5.74, 6) is -1.44. The van der Waals surface area contributed by atoms with E-state index in [2.05, 4.69) is 9.97 Å². The number of para-hydroxylation sites is 1. The number of carbonyl (C=O) groups excluding carboxylic acids is 1. The van der Waals surface area contributed by atoms with Crippen LogP contribution in [-0.4, -0.2) is 57.6 Å². The first-order valence-corrected chi connectivity index (χ1v) is 10.7. The van der Waals surface area contributed by atoms with Gasteiger partial charge in [0, 0.05) is 43.7 Å². The van der Waals surface area contributed by atoms with Crippen LogP contribution in [0.4, 0.5) is 5.69 Å². The molecule has 4 rings (SSSR count). The minimum Gasteiger partial charge on any atom is -0.479 e. The number of aliphatic carboxylic acids is 1. The number of amides is 1. The number of carboxylic acids is 1. The van der Waals surface area contributed by atoms with Crippen molar-refractivity contribution in [2.75, 3.05) is 25.5 Å². The standard InChI is InChI=1S/C23H28N4O4/c1-26(2)19(28)14-27-18-11-7-6-10-17(18)20(15-8-4-3-5-9-15)23(27,21(29)30)16-12-24-22(31)25-13-16/h6-7,10-13,15,20H,3-5,8-9,14H2,1-2H3,(H,29,30)(H,24,25,31). The van der Waals surface area contributed by atoms with E-state index in [0.29, 0.717) is 5.56 Å². The number of benzene rings is 1. The Kier molecular flexibility index (Phi) is 5.56. The summed E-state index contributed by atoms with van der Waals surface area (Å²) in [6, 6.07) is 7.25. The van der Waals surface area contributed by atoms with Crippen LogP contribution in [0.1, 0.15) is 49.1 Å². The normalized spacial score (nSPS) is 23.4. The quantitative estimate of drug-likeness (QED) is 0.760. The minimum atomic E-state index is -1.54. The van der Waals surface area contributed by atoms with Gasteiger partial charge in [0.25, 0.3) is 0 Å². The molecule has 2 heterocycles. The summed E-state index contributed by atoms with van der Waals surface area (Å²) in [5, 5.41) is 20.4. The fourth-order valence-corrected chi connectivity index (χ4v) is 5.35. The number of likely N-dealkylation sites (N-methyl/N-ethyl adjacent to an activating group) is 1. The van der Waals surface area contributed by atoms with E-state index in [4.69, 9.17) is 0 Å². The number of anilines is 1. The third-order valence-electron chi connectivity index (χ3n) is 6.76. The molecule has 0 radical (unpaired) electrons. The van der Waals surface area contributed by atoms with Gasteiger partial charge >= 0.3 is 12.0 Å². The van der Waals surface area contributed by atoms with E-state index in [1.807, 2.05) is 24.3 Å². The fraction of sp³-hybridized carbons (Fsp3) is 0.478. The van der Waals surface area contributed by atoms with Gasteiger partial charge in [0.15, 0.2) is 5.54 Å². The Balaban J connectivity index is 1.97. The molecule has 31 heavy (non-hydrogen) atoms. The summed E-state index contributed by atoms with van der Waals surface area (Å²) < 4.78 is 0. The number of aromatic hydroxyl groups is 1. The Labute approximate surface area is 181 Å². The number of rotatable bonds is 5. The first-order chi connectivity index (χ1) is 14.9.